The topological polar surface area (TPSA) is 29.1 Å². The molecule has 0 aromatic rings. The Labute approximate surface area is 109 Å². The number of alkyl halides is 2. The molecule has 5 heteroatoms. The van der Waals surface area contributed by atoms with Crippen LogP contribution in [0.4, 0.5) is 8.78 Å². The Morgan fingerprint density at radius 2 is 1.83 bits per heavy atom. The lowest BCUT2D eigenvalue weighted by Crippen LogP contribution is -2.65. The van der Waals surface area contributed by atoms with E-state index in [9.17, 15) is 13.0 Å². The molecular formula is C13H23F2NOS. The van der Waals surface area contributed by atoms with E-state index in [1.165, 1.54) is 0 Å². The Kier molecular flexibility index (Phi) is 3.10. The normalized spacial score (nSPS) is 41.2. The van der Waals surface area contributed by atoms with Gasteiger partial charge in [-0.05, 0) is 33.6 Å². The molecule has 1 aliphatic heterocycles. The van der Waals surface area contributed by atoms with Crippen molar-refractivity contribution in [1.29, 1.82) is 0 Å². The van der Waals surface area contributed by atoms with Gasteiger partial charge in [-0.3, -0.25) is 4.21 Å². The number of hydrogen-bond donors (Lipinski definition) is 1. The highest BCUT2D eigenvalue weighted by Gasteiger charge is 2.58. The molecule has 0 radical (unpaired) electrons. The monoisotopic (exact) mass is 279 g/mol. The Balaban J connectivity index is 1.93. The predicted molar refractivity (Wildman–Crippen MR) is 72.9 cm³/mol. The Morgan fingerprint density at radius 3 is 2.17 bits per heavy atom. The molecule has 2 rings (SSSR count). The summed E-state index contributed by atoms with van der Waals surface area (Å²) in [5, 5.41) is 3.36. The van der Waals surface area contributed by atoms with Crippen LogP contribution in [0.3, 0.4) is 0 Å². The van der Waals surface area contributed by atoms with Crippen molar-refractivity contribution in [3.05, 3.63) is 0 Å². The first-order valence-corrected chi connectivity index (χ1v) is 8.50. The molecule has 2 fully saturated rings. The van der Waals surface area contributed by atoms with Crippen LogP contribution in [0, 0.1) is 11.3 Å². The maximum Gasteiger partial charge on any atom is 0.249 e. The van der Waals surface area contributed by atoms with Crippen molar-refractivity contribution in [1.82, 2.24) is 5.32 Å². The summed E-state index contributed by atoms with van der Waals surface area (Å²) in [4.78, 5) is 0. The van der Waals surface area contributed by atoms with E-state index < -0.39 is 15.4 Å². The largest absolute Gasteiger partial charge is 0.309 e. The molecule has 0 aromatic heterocycles. The van der Waals surface area contributed by atoms with Crippen LogP contribution in [0.25, 0.3) is 0 Å². The standard InChI is InChI=1S/C13H23F2NOS/c1-10(2)12(5-13(14,15)6-12)7-16-11(3)8-18(4,17)9-11/h10,16H,4-9H2,1-3H3. The highest BCUT2D eigenvalue weighted by molar-refractivity contribution is 8.01. The van der Waals surface area contributed by atoms with Crippen LogP contribution >= 0.6 is 0 Å². The number of nitrogens with one attached hydrogen (secondary N) is 1. The first-order valence-electron chi connectivity index (χ1n) is 6.43. The minimum absolute atomic E-state index is 0.0273. The smallest absolute Gasteiger partial charge is 0.249 e. The zero-order chi connectivity index (χ0) is 13.8. The summed E-state index contributed by atoms with van der Waals surface area (Å²) in [6, 6.07) is 0. The van der Waals surface area contributed by atoms with Crippen molar-refractivity contribution in [3.8, 4) is 0 Å². The molecule has 1 heterocycles. The second-order valence-corrected chi connectivity index (χ2v) is 9.40. The summed E-state index contributed by atoms with van der Waals surface area (Å²) in [5.41, 5.74) is -0.476. The van der Waals surface area contributed by atoms with Gasteiger partial charge in [-0.1, -0.05) is 13.8 Å². The average molecular weight is 279 g/mol. The van der Waals surface area contributed by atoms with Crippen molar-refractivity contribution >= 4 is 15.4 Å². The average Bonchev–Trinajstić information content (AvgIpc) is 2.07. The SMILES string of the molecule is C=S1(=O)CC(C)(NCC2(C(C)C)CC(F)(F)C2)C1. The molecule has 2 aliphatic rings. The van der Waals surface area contributed by atoms with Crippen LogP contribution in [0.15, 0.2) is 0 Å². The van der Waals surface area contributed by atoms with Crippen LogP contribution in [0.5, 0.6) is 0 Å². The summed E-state index contributed by atoms with van der Waals surface area (Å²) >= 11 is 0. The van der Waals surface area contributed by atoms with Gasteiger partial charge in [0.05, 0.1) is 0 Å². The Hall–Kier alpha value is -0.160. The summed E-state index contributed by atoms with van der Waals surface area (Å²) in [6.45, 7) is 6.60. The fourth-order valence-corrected chi connectivity index (χ4v) is 5.77. The lowest BCUT2D eigenvalue weighted by atomic mass is 9.59. The first-order chi connectivity index (χ1) is 7.98. The number of halogens is 2. The van der Waals surface area contributed by atoms with Crippen LogP contribution in [0.1, 0.15) is 33.6 Å². The van der Waals surface area contributed by atoms with Gasteiger partial charge in [-0.2, -0.15) is 0 Å². The van der Waals surface area contributed by atoms with Crippen molar-refractivity contribution < 1.29 is 13.0 Å². The molecule has 1 N–H and O–H groups in total. The minimum Gasteiger partial charge on any atom is -0.309 e. The zero-order valence-electron chi connectivity index (χ0n) is 11.4. The molecular weight excluding hydrogens is 256 g/mol. The fraction of sp³-hybridized carbons (Fsp3) is 0.923. The summed E-state index contributed by atoms with van der Waals surface area (Å²) in [5.74, 6) is 2.54. The van der Waals surface area contributed by atoms with E-state index in [0.717, 1.165) is 0 Å². The fourth-order valence-electron chi connectivity index (χ4n) is 3.33. The molecule has 2 nitrogen and oxygen atoms in total. The van der Waals surface area contributed by atoms with Crippen molar-refractivity contribution in [2.24, 2.45) is 11.3 Å². The highest BCUT2D eigenvalue weighted by Crippen LogP contribution is 2.55. The van der Waals surface area contributed by atoms with Gasteiger partial charge in [-0.25, -0.2) is 8.78 Å². The molecule has 18 heavy (non-hydrogen) atoms. The number of rotatable bonds is 4. The molecule has 0 spiro atoms. The van der Waals surface area contributed by atoms with Gasteiger partial charge in [0, 0.05) is 36.4 Å². The molecule has 0 atom stereocenters. The Bertz CT molecular complexity index is 422. The van der Waals surface area contributed by atoms with E-state index in [4.69, 9.17) is 0 Å². The number of hydrogen-bond acceptors (Lipinski definition) is 2. The van der Waals surface area contributed by atoms with E-state index >= 15 is 0 Å². The predicted octanol–water partition coefficient (Wildman–Crippen LogP) is 2.14. The van der Waals surface area contributed by atoms with Gasteiger partial charge in [0.2, 0.25) is 5.92 Å². The quantitative estimate of drug-likeness (QED) is 0.799. The second-order valence-electron chi connectivity index (χ2n) is 6.90. The zero-order valence-corrected chi connectivity index (χ0v) is 12.2. The molecule has 1 saturated heterocycles. The van der Waals surface area contributed by atoms with Gasteiger partial charge in [0.1, 0.15) is 0 Å². The maximum atomic E-state index is 13.1. The lowest BCUT2D eigenvalue weighted by molar-refractivity contribution is -0.178. The highest BCUT2D eigenvalue weighted by atomic mass is 32.2. The Morgan fingerprint density at radius 1 is 1.33 bits per heavy atom. The van der Waals surface area contributed by atoms with Crippen LogP contribution in [-0.4, -0.2) is 39.6 Å². The maximum absolute atomic E-state index is 13.1. The van der Waals surface area contributed by atoms with Crippen LogP contribution < -0.4 is 5.32 Å². The van der Waals surface area contributed by atoms with Crippen molar-refractivity contribution in [2.75, 3.05) is 18.1 Å². The molecule has 0 aromatic carbocycles. The van der Waals surface area contributed by atoms with Crippen molar-refractivity contribution in [2.45, 2.75) is 45.1 Å². The first kappa shape index (κ1) is 14.3. The van der Waals surface area contributed by atoms with Gasteiger partial charge in [0.25, 0.3) is 0 Å². The second kappa shape index (κ2) is 3.92. The van der Waals surface area contributed by atoms with Gasteiger partial charge in [0.15, 0.2) is 0 Å². The molecule has 0 amide bonds. The van der Waals surface area contributed by atoms with E-state index in [2.05, 4.69) is 11.2 Å². The molecule has 1 saturated carbocycles. The third-order valence-electron chi connectivity index (χ3n) is 4.48. The van der Waals surface area contributed by atoms with Crippen molar-refractivity contribution in [3.63, 3.8) is 0 Å². The summed E-state index contributed by atoms with van der Waals surface area (Å²) < 4.78 is 37.9. The third kappa shape index (κ3) is 2.57. The van der Waals surface area contributed by atoms with Gasteiger partial charge in [-0.15, -0.1) is 0 Å². The molecule has 1 aliphatic carbocycles. The summed E-state index contributed by atoms with van der Waals surface area (Å²) in [7, 11) is -1.90. The molecule has 0 bridgehead atoms. The summed E-state index contributed by atoms with van der Waals surface area (Å²) in [6.07, 6.45) is -0.0546. The van der Waals surface area contributed by atoms with E-state index in [-0.39, 0.29) is 29.7 Å². The van der Waals surface area contributed by atoms with Crippen LogP contribution in [-0.2, 0) is 9.52 Å². The minimum atomic E-state index is -2.49. The molecule has 106 valence electrons. The van der Waals surface area contributed by atoms with E-state index in [1.54, 1.807) is 0 Å². The lowest BCUT2D eigenvalue weighted by Gasteiger charge is -2.53. The van der Waals surface area contributed by atoms with Crippen LogP contribution in [0.2, 0.25) is 0 Å². The molecule has 0 unspecified atom stereocenters. The third-order valence-corrected chi connectivity index (χ3v) is 6.80. The van der Waals surface area contributed by atoms with E-state index in [0.29, 0.717) is 18.1 Å². The van der Waals surface area contributed by atoms with Gasteiger partial charge >= 0.3 is 0 Å². The van der Waals surface area contributed by atoms with Gasteiger partial charge < -0.3 is 5.32 Å². The van der Waals surface area contributed by atoms with E-state index in [1.807, 2.05) is 20.8 Å².